The van der Waals surface area contributed by atoms with Gasteiger partial charge in [-0.25, -0.2) is 0 Å². The molecule has 1 fully saturated rings. The van der Waals surface area contributed by atoms with Crippen molar-refractivity contribution in [1.29, 1.82) is 0 Å². The molecule has 25 heavy (non-hydrogen) atoms. The van der Waals surface area contributed by atoms with E-state index < -0.39 is 0 Å². The highest BCUT2D eigenvalue weighted by Gasteiger charge is 2.44. The van der Waals surface area contributed by atoms with Crippen molar-refractivity contribution in [3.05, 3.63) is 28.8 Å². The van der Waals surface area contributed by atoms with Crippen LogP contribution in [0, 0.1) is 18.8 Å². The van der Waals surface area contributed by atoms with Crippen LogP contribution < -0.4 is 4.74 Å². The summed E-state index contributed by atoms with van der Waals surface area (Å²) in [5.41, 5.74) is 3.37. The van der Waals surface area contributed by atoms with Gasteiger partial charge < -0.3 is 4.74 Å². The third kappa shape index (κ3) is 4.86. The average molecular weight is 345 g/mol. The van der Waals surface area contributed by atoms with Gasteiger partial charge in [-0.3, -0.25) is 4.79 Å². The molecule has 1 saturated carbocycles. The molecule has 2 heteroatoms. The molecule has 2 nitrogen and oxygen atoms in total. The number of benzene rings is 1. The molecule has 0 radical (unpaired) electrons. The van der Waals surface area contributed by atoms with E-state index in [4.69, 9.17) is 4.74 Å². The molecule has 0 saturated heterocycles. The van der Waals surface area contributed by atoms with E-state index in [9.17, 15) is 4.79 Å². The third-order valence-corrected chi connectivity index (χ3v) is 5.21. The highest BCUT2D eigenvalue weighted by atomic mass is 16.5. The number of unbranched alkanes of at least 4 members (excludes halogenated alkanes) is 1. The molecule has 0 amide bonds. The van der Waals surface area contributed by atoms with E-state index in [1.165, 1.54) is 18.4 Å². The number of carbonyl (C=O) groups is 1. The van der Waals surface area contributed by atoms with Crippen molar-refractivity contribution in [3.63, 3.8) is 0 Å². The maximum Gasteiger partial charge on any atom is 0.314 e. The Labute approximate surface area is 154 Å². The number of aryl methyl sites for hydroxylation is 1. The van der Waals surface area contributed by atoms with Crippen LogP contribution in [0.15, 0.2) is 12.1 Å². The van der Waals surface area contributed by atoms with Crippen LogP contribution in [-0.2, 0) is 15.6 Å². The van der Waals surface area contributed by atoms with Crippen LogP contribution in [0.25, 0.3) is 0 Å². The first kappa shape index (κ1) is 20.0. The number of hydrogen-bond acceptors (Lipinski definition) is 2. The van der Waals surface area contributed by atoms with Gasteiger partial charge >= 0.3 is 5.97 Å². The second-order valence-corrected chi connectivity index (χ2v) is 9.85. The predicted octanol–water partition coefficient (Wildman–Crippen LogP) is 6.32. The van der Waals surface area contributed by atoms with E-state index in [0.29, 0.717) is 5.92 Å². The second kappa shape index (κ2) is 7.13. The summed E-state index contributed by atoms with van der Waals surface area (Å²) >= 11 is 0. The fourth-order valence-electron chi connectivity index (χ4n) is 3.50. The van der Waals surface area contributed by atoms with Crippen molar-refractivity contribution < 1.29 is 9.53 Å². The number of hydrogen-bond donors (Lipinski definition) is 0. The van der Waals surface area contributed by atoms with Gasteiger partial charge in [-0.1, -0.05) is 79.0 Å². The molecule has 1 aliphatic rings. The number of esters is 1. The van der Waals surface area contributed by atoms with Crippen LogP contribution in [0.3, 0.4) is 0 Å². The summed E-state index contributed by atoms with van der Waals surface area (Å²) in [6, 6.07) is 4.36. The second-order valence-electron chi connectivity index (χ2n) is 9.85. The Kier molecular flexibility index (Phi) is 5.71. The third-order valence-electron chi connectivity index (χ3n) is 5.21. The molecule has 2 rings (SSSR count). The Balaban J connectivity index is 2.34. The summed E-state index contributed by atoms with van der Waals surface area (Å²) in [6.45, 7) is 17.4. The molecule has 1 aliphatic carbocycles. The summed E-state index contributed by atoms with van der Waals surface area (Å²) in [5.74, 6) is 1.42. The SMILES string of the molecule is CCCC[C@H]1C[C@@H]1C(=O)Oc1c(C(C)(C)C)cc(C)cc1C(C)(C)C. The van der Waals surface area contributed by atoms with E-state index in [1.807, 2.05) is 0 Å². The van der Waals surface area contributed by atoms with Crippen LogP contribution in [0.5, 0.6) is 5.75 Å². The molecule has 0 unspecified atom stereocenters. The van der Waals surface area contributed by atoms with E-state index >= 15 is 0 Å². The van der Waals surface area contributed by atoms with Crippen LogP contribution in [0.4, 0.5) is 0 Å². The lowest BCUT2D eigenvalue weighted by atomic mass is 9.78. The minimum Gasteiger partial charge on any atom is -0.426 e. The highest BCUT2D eigenvalue weighted by Crippen LogP contribution is 2.46. The zero-order valence-electron chi connectivity index (χ0n) is 17.5. The molecular weight excluding hydrogens is 308 g/mol. The number of ether oxygens (including phenoxy) is 1. The van der Waals surface area contributed by atoms with Crippen LogP contribution >= 0.6 is 0 Å². The molecule has 2 atom stereocenters. The first-order chi connectivity index (χ1) is 11.4. The van der Waals surface area contributed by atoms with Gasteiger partial charge in [-0.2, -0.15) is 0 Å². The Morgan fingerprint density at radius 2 is 1.60 bits per heavy atom. The molecule has 0 N–H and O–H groups in total. The lowest BCUT2D eigenvalue weighted by Crippen LogP contribution is -2.23. The van der Waals surface area contributed by atoms with Crippen molar-refractivity contribution in [2.24, 2.45) is 11.8 Å². The first-order valence-electron chi connectivity index (χ1n) is 9.82. The Hall–Kier alpha value is -1.31. The largest absolute Gasteiger partial charge is 0.426 e. The van der Waals surface area contributed by atoms with Crippen LogP contribution in [-0.4, -0.2) is 5.97 Å². The lowest BCUT2D eigenvalue weighted by molar-refractivity contribution is -0.136. The van der Waals surface area contributed by atoms with Gasteiger partial charge in [0.2, 0.25) is 0 Å². The van der Waals surface area contributed by atoms with Crippen LogP contribution in [0.1, 0.15) is 90.8 Å². The van der Waals surface area contributed by atoms with E-state index in [-0.39, 0.29) is 22.7 Å². The highest BCUT2D eigenvalue weighted by molar-refractivity contribution is 5.79. The number of carbonyl (C=O) groups excluding carboxylic acids is 1. The minimum atomic E-state index is -0.0627. The molecule has 0 spiro atoms. The standard InChI is InChI=1S/C23H36O2/c1-9-10-11-16-14-17(16)21(24)25-20-18(22(3,4)5)12-15(2)13-19(20)23(6,7)8/h12-13,16-17H,9-11,14H2,1-8H3/t16-,17-/m0/s1. The molecule has 0 bridgehead atoms. The zero-order chi connectivity index (χ0) is 19.0. The smallest absolute Gasteiger partial charge is 0.314 e. The molecule has 1 aromatic carbocycles. The van der Waals surface area contributed by atoms with Gasteiger partial charge in [-0.15, -0.1) is 0 Å². The van der Waals surface area contributed by atoms with Crippen molar-refractivity contribution in [2.45, 2.75) is 91.9 Å². The Morgan fingerprint density at radius 1 is 1.08 bits per heavy atom. The quantitative estimate of drug-likeness (QED) is 0.461. The molecular formula is C23H36O2. The van der Waals surface area contributed by atoms with Gasteiger partial charge in [0.1, 0.15) is 5.75 Å². The average Bonchev–Trinajstić information content (AvgIpc) is 3.24. The van der Waals surface area contributed by atoms with Gasteiger partial charge in [0.05, 0.1) is 5.92 Å². The van der Waals surface area contributed by atoms with E-state index in [2.05, 4.69) is 67.5 Å². The van der Waals surface area contributed by atoms with Crippen molar-refractivity contribution in [2.75, 3.05) is 0 Å². The Morgan fingerprint density at radius 3 is 2.04 bits per heavy atom. The van der Waals surface area contributed by atoms with E-state index in [1.54, 1.807) is 0 Å². The minimum absolute atomic E-state index is 0.0269. The molecule has 0 aliphatic heterocycles. The van der Waals surface area contributed by atoms with Crippen molar-refractivity contribution in [1.82, 2.24) is 0 Å². The maximum absolute atomic E-state index is 12.8. The van der Waals surface area contributed by atoms with E-state index in [0.717, 1.165) is 29.7 Å². The molecule has 1 aromatic rings. The summed E-state index contributed by atoms with van der Waals surface area (Å²) in [4.78, 5) is 12.8. The van der Waals surface area contributed by atoms with Gasteiger partial charge in [0, 0.05) is 11.1 Å². The summed E-state index contributed by atoms with van der Waals surface area (Å²) < 4.78 is 6.08. The normalized spacial score (nSPS) is 20.5. The van der Waals surface area contributed by atoms with Crippen LogP contribution in [0.2, 0.25) is 0 Å². The zero-order valence-corrected chi connectivity index (χ0v) is 17.5. The molecule has 0 heterocycles. The number of rotatable bonds is 5. The Bertz CT molecular complexity index is 593. The summed E-state index contributed by atoms with van der Waals surface area (Å²) in [6.07, 6.45) is 4.56. The summed E-state index contributed by atoms with van der Waals surface area (Å²) in [7, 11) is 0. The fourth-order valence-corrected chi connectivity index (χ4v) is 3.50. The fraction of sp³-hybridized carbons (Fsp3) is 0.696. The topological polar surface area (TPSA) is 26.3 Å². The van der Waals surface area contributed by atoms with Gasteiger partial charge in [-0.05, 0) is 36.5 Å². The first-order valence-corrected chi connectivity index (χ1v) is 9.82. The van der Waals surface area contributed by atoms with Gasteiger partial charge in [0.25, 0.3) is 0 Å². The lowest BCUT2D eigenvalue weighted by Gasteiger charge is -2.29. The summed E-state index contributed by atoms with van der Waals surface area (Å²) in [5, 5.41) is 0. The molecule has 0 aromatic heterocycles. The van der Waals surface area contributed by atoms with Crippen molar-refractivity contribution >= 4 is 5.97 Å². The molecule has 140 valence electrons. The maximum atomic E-state index is 12.8. The van der Waals surface area contributed by atoms with Crippen molar-refractivity contribution in [3.8, 4) is 5.75 Å². The van der Waals surface area contributed by atoms with Gasteiger partial charge in [0.15, 0.2) is 0 Å². The predicted molar refractivity (Wildman–Crippen MR) is 105 cm³/mol. The monoisotopic (exact) mass is 344 g/mol.